The molecule has 1 N–H and O–H groups in total. The van der Waals surface area contributed by atoms with Crippen LogP contribution in [0.5, 0.6) is 0 Å². The van der Waals surface area contributed by atoms with Crippen LogP contribution in [0.3, 0.4) is 0 Å². The maximum atomic E-state index is 9.10. The van der Waals surface area contributed by atoms with Crippen molar-refractivity contribution in [1.29, 1.82) is 0 Å². The Labute approximate surface area is 116 Å². The van der Waals surface area contributed by atoms with Gasteiger partial charge in [-0.3, -0.25) is 4.90 Å². The third-order valence-electron chi connectivity index (χ3n) is 2.55. The molecule has 0 saturated heterocycles. The minimum Gasteiger partial charge on any atom is -0.381 e. The summed E-state index contributed by atoms with van der Waals surface area (Å²) in [6.45, 7) is 7.59. The van der Waals surface area contributed by atoms with E-state index in [2.05, 4.69) is 54.9 Å². The summed E-state index contributed by atoms with van der Waals surface area (Å²) in [7, 11) is 0. The lowest BCUT2D eigenvalue weighted by molar-refractivity contribution is 0.238. The number of hydrogen-bond acceptors (Lipinski definition) is 2. The first kappa shape index (κ1) is 17.0. The predicted molar refractivity (Wildman–Crippen MR) is 78.7 cm³/mol. The van der Waals surface area contributed by atoms with Gasteiger partial charge in [0, 0.05) is 12.6 Å². The summed E-state index contributed by atoms with van der Waals surface area (Å²) in [6.07, 6.45) is -0.541. The monoisotopic (exact) mass is 267 g/mol. The van der Waals surface area contributed by atoms with Crippen molar-refractivity contribution in [3.63, 3.8) is 0 Å². The van der Waals surface area contributed by atoms with E-state index in [-0.39, 0.29) is 12.4 Å². The molecule has 1 atom stereocenters. The molecular weight excluding hydrogens is 246 g/mol. The topological polar surface area (TPSA) is 23.5 Å². The second kappa shape index (κ2) is 8.99. The molecule has 0 amide bonds. The normalized spacial score (nSPS) is 11.7. The molecule has 0 aliphatic rings. The molecule has 1 aromatic carbocycles. The van der Waals surface area contributed by atoms with Crippen LogP contribution in [0.25, 0.3) is 0 Å². The summed E-state index contributed by atoms with van der Waals surface area (Å²) in [5, 5.41) is 9.10. The molecule has 0 heterocycles. The minimum absolute atomic E-state index is 0. The smallest absolute Gasteiger partial charge is 0.112 e. The first-order valence-electron chi connectivity index (χ1n) is 6.04. The van der Waals surface area contributed by atoms with Crippen molar-refractivity contribution in [2.24, 2.45) is 0 Å². The third kappa shape index (κ3) is 6.66. The lowest BCUT2D eigenvalue weighted by atomic mass is 10.2. The second-order valence-electron chi connectivity index (χ2n) is 4.48. The molecular formula is C15H22ClNO. The fourth-order valence-corrected chi connectivity index (χ4v) is 1.53. The van der Waals surface area contributed by atoms with Gasteiger partial charge in [-0.1, -0.05) is 42.2 Å². The van der Waals surface area contributed by atoms with Crippen molar-refractivity contribution >= 4 is 12.4 Å². The Bertz CT molecular complexity index is 378. The Kier molecular flexibility index (Phi) is 8.49. The summed E-state index contributed by atoms with van der Waals surface area (Å²) in [5.41, 5.74) is 1.29. The summed E-state index contributed by atoms with van der Waals surface area (Å²) >= 11 is 0. The van der Waals surface area contributed by atoms with Crippen molar-refractivity contribution in [3.05, 3.63) is 35.9 Å². The van der Waals surface area contributed by atoms with Gasteiger partial charge in [-0.05, 0) is 26.3 Å². The van der Waals surface area contributed by atoms with E-state index in [0.717, 1.165) is 6.54 Å². The van der Waals surface area contributed by atoms with Crippen molar-refractivity contribution < 1.29 is 5.11 Å². The number of benzene rings is 1. The first-order chi connectivity index (χ1) is 8.09. The van der Waals surface area contributed by atoms with Crippen LogP contribution in [0.2, 0.25) is 0 Å². The van der Waals surface area contributed by atoms with Crippen LogP contribution in [-0.4, -0.2) is 28.7 Å². The largest absolute Gasteiger partial charge is 0.381 e. The maximum absolute atomic E-state index is 9.10. The average Bonchev–Trinajstić information content (AvgIpc) is 2.28. The van der Waals surface area contributed by atoms with Gasteiger partial charge in [0.05, 0.1) is 6.54 Å². The Morgan fingerprint density at radius 3 is 2.28 bits per heavy atom. The average molecular weight is 268 g/mol. The van der Waals surface area contributed by atoms with Crippen LogP contribution in [-0.2, 0) is 6.54 Å². The van der Waals surface area contributed by atoms with E-state index in [1.807, 2.05) is 6.07 Å². The van der Waals surface area contributed by atoms with Crippen molar-refractivity contribution in [2.45, 2.75) is 39.5 Å². The number of rotatable bonds is 4. The number of nitrogens with zero attached hydrogens (tertiary/aromatic N) is 1. The molecule has 2 nitrogen and oxygen atoms in total. The molecule has 1 rings (SSSR count). The molecule has 0 aromatic heterocycles. The van der Waals surface area contributed by atoms with Crippen LogP contribution in [0.15, 0.2) is 30.3 Å². The Balaban J connectivity index is 0.00000289. The zero-order valence-corrected chi connectivity index (χ0v) is 12.1. The summed E-state index contributed by atoms with van der Waals surface area (Å²) in [6, 6.07) is 10.8. The summed E-state index contributed by atoms with van der Waals surface area (Å²) in [4.78, 5) is 2.28. The number of hydrogen-bond donors (Lipinski definition) is 1. The van der Waals surface area contributed by atoms with Crippen molar-refractivity contribution in [3.8, 4) is 11.8 Å². The highest BCUT2D eigenvalue weighted by molar-refractivity contribution is 5.85. The van der Waals surface area contributed by atoms with E-state index in [0.29, 0.717) is 12.6 Å². The Morgan fingerprint density at radius 1 is 1.17 bits per heavy atom. The molecule has 100 valence electrons. The first-order valence-corrected chi connectivity index (χ1v) is 6.04. The van der Waals surface area contributed by atoms with Gasteiger partial charge in [0.1, 0.15) is 6.10 Å². The predicted octanol–water partition coefficient (Wildman–Crippen LogP) is 2.70. The standard InChI is InChI=1S/C15H21NO.ClH/c1-13(2)16(11-7-8-14(3)17)12-15-9-5-4-6-10-15;/h4-6,9-10,13-14,17H,11-12H2,1-3H3;1H. The van der Waals surface area contributed by atoms with E-state index in [1.54, 1.807) is 6.92 Å². The highest BCUT2D eigenvalue weighted by Gasteiger charge is 2.08. The zero-order valence-electron chi connectivity index (χ0n) is 11.3. The fraction of sp³-hybridized carbons (Fsp3) is 0.467. The third-order valence-corrected chi connectivity index (χ3v) is 2.55. The van der Waals surface area contributed by atoms with E-state index < -0.39 is 6.10 Å². The van der Waals surface area contributed by atoms with Gasteiger partial charge < -0.3 is 5.11 Å². The molecule has 0 saturated carbocycles. The number of aliphatic hydroxyl groups is 1. The van der Waals surface area contributed by atoms with E-state index in [4.69, 9.17) is 5.11 Å². The van der Waals surface area contributed by atoms with Crippen LogP contribution in [0, 0.1) is 11.8 Å². The molecule has 0 aliphatic heterocycles. The Hall–Kier alpha value is -1.01. The zero-order chi connectivity index (χ0) is 12.7. The lowest BCUT2D eigenvalue weighted by Gasteiger charge is -2.24. The molecule has 0 aliphatic carbocycles. The van der Waals surface area contributed by atoms with E-state index >= 15 is 0 Å². The van der Waals surface area contributed by atoms with Crippen LogP contribution < -0.4 is 0 Å². The SMILES string of the molecule is CC(O)C#CCN(Cc1ccccc1)C(C)C.Cl. The summed E-state index contributed by atoms with van der Waals surface area (Å²) < 4.78 is 0. The summed E-state index contributed by atoms with van der Waals surface area (Å²) in [5.74, 6) is 5.79. The van der Waals surface area contributed by atoms with Crippen molar-refractivity contribution in [2.75, 3.05) is 6.54 Å². The molecule has 0 spiro atoms. The quantitative estimate of drug-likeness (QED) is 0.848. The lowest BCUT2D eigenvalue weighted by Crippen LogP contribution is -2.30. The Morgan fingerprint density at radius 2 is 1.78 bits per heavy atom. The number of aliphatic hydroxyl groups excluding tert-OH is 1. The number of halogens is 1. The van der Waals surface area contributed by atoms with Crippen molar-refractivity contribution in [1.82, 2.24) is 4.90 Å². The molecule has 0 bridgehead atoms. The van der Waals surface area contributed by atoms with Crippen LogP contribution in [0.4, 0.5) is 0 Å². The molecule has 1 aromatic rings. The van der Waals surface area contributed by atoms with Gasteiger partial charge in [-0.25, -0.2) is 0 Å². The van der Waals surface area contributed by atoms with Crippen LogP contribution in [0.1, 0.15) is 26.3 Å². The highest BCUT2D eigenvalue weighted by atomic mass is 35.5. The molecule has 18 heavy (non-hydrogen) atoms. The van der Waals surface area contributed by atoms with Gasteiger partial charge in [-0.2, -0.15) is 0 Å². The minimum atomic E-state index is -0.541. The van der Waals surface area contributed by atoms with E-state index in [1.165, 1.54) is 5.56 Å². The van der Waals surface area contributed by atoms with Gasteiger partial charge in [0.15, 0.2) is 0 Å². The van der Waals surface area contributed by atoms with Gasteiger partial charge >= 0.3 is 0 Å². The molecule has 1 unspecified atom stereocenters. The molecule has 0 radical (unpaired) electrons. The highest BCUT2D eigenvalue weighted by Crippen LogP contribution is 2.07. The maximum Gasteiger partial charge on any atom is 0.112 e. The van der Waals surface area contributed by atoms with Gasteiger partial charge in [0.25, 0.3) is 0 Å². The molecule has 0 fully saturated rings. The fourth-order valence-electron chi connectivity index (χ4n) is 1.53. The van der Waals surface area contributed by atoms with Gasteiger partial charge in [0.2, 0.25) is 0 Å². The van der Waals surface area contributed by atoms with Crippen LogP contribution >= 0.6 is 12.4 Å². The molecule has 3 heteroatoms. The second-order valence-corrected chi connectivity index (χ2v) is 4.48. The van der Waals surface area contributed by atoms with Gasteiger partial charge in [-0.15, -0.1) is 12.4 Å². The van der Waals surface area contributed by atoms with E-state index in [9.17, 15) is 0 Å².